The molecule has 1 aliphatic rings. The molecule has 7 heteroatoms. The molecule has 1 aromatic carbocycles. The molecule has 3 rings (SSSR count). The Morgan fingerprint density at radius 2 is 1.79 bits per heavy atom. The lowest BCUT2D eigenvalue weighted by Crippen LogP contribution is -2.36. The van der Waals surface area contributed by atoms with Crippen LogP contribution in [0.15, 0.2) is 22.7 Å². The van der Waals surface area contributed by atoms with Gasteiger partial charge < -0.3 is 24.4 Å². The number of benzene rings is 1. The Kier molecular flexibility index (Phi) is 2.96. The highest BCUT2D eigenvalue weighted by molar-refractivity contribution is 5.70. The molecule has 0 bridgehead atoms. The summed E-state index contributed by atoms with van der Waals surface area (Å²) in [5.41, 5.74) is 0.148. The second kappa shape index (κ2) is 4.77. The fourth-order valence-electron chi connectivity index (χ4n) is 1.96. The summed E-state index contributed by atoms with van der Waals surface area (Å²) < 4.78 is 10.3. The van der Waals surface area contributed by atoms with Gasteiger partial charge in [-0.05, 0) is 17.3 Å². The predicted molar refractivity (Wildman–Crippen MR) is 66.1 cm³/mol. The minimum Gasteiger partial charge on any atom is -0.507 e. The molecule has 0 spiro atoms. The molecule has 1 aliphatic heterocycles. The van der Waals surface area contributed by atoms with Crippen molar-refractivity contribution in [1.82, 2.24) is 10.1 Å². The van der Waals surface area contributed by atoms with E-state index < -0.39 is 0 Å². The number of aromatic hydroxyl groups is 2. The van der Waals surface area contributed by atoms with E-state index in [-0.39, 0.29) is 23.0 Å². The molecule has 0 unspecified atom stereocenters. The van der Waals surface area contributed by atoms with E-state index in [9.17, 15) is 10.2 Å². The van der Waals surface area contributed by atoms with E-state index in [4.69, 9.17) is 9.26 Å². The Labute approximate surface area is 109 Å². The van der Waals surface area contributed by atoms with Gasteiger partial charge in [-0.25, -0.2) is 0 Å². The van der Waals surface area contributed by atoms with Gasteiger partial charge in [0.25, 0.3) is 11.8 Å². The molecule has 19 heavy (non-hydrogen) atoms. The second-order valence-electron chi connectivity index (χ2n) is 4.17. The van der Waals surface area contributed by atoms with Crippen molar-refractivity contribution >= 4 is 5.95 Å². The number of phenolic OH excluding ortho intramolecular Hbond substituents is 2. The highest BCUT2D eigenvalue weighted by Gasteiger charge is 2.21. The first-order valence-corrected chi connectivity index (χ1v) is 5.93. The third-order valence-electron chi connectivity index (χ3n) is 2.94. The Balaban J connectivity index is 1.92. The first-order chi connectivity index (χ1) is 9.25. The first kappa shape index (κ1) is 11.8. The summed E-state index contributed by atoms with van der Waals surface area (Å²) in [6.45, 7) is 2.61. The Morgan fingerprint density at radius 1 is 1.11 bits per heavy atom. The number of nitrogens with zero attached hydrogens (tertiary/aromatic N) is 3. The first-order valence-electron chi connectivity index (χ1n) is 5.93. The zero-order chi connectivity index (χ0) is 13.2. The Bertz CT molecular complexity index is 558. The van der Waals surface area contributed by atoms with Gasteiger partial charge in [0.1, 0.15) is 17.1 Å². The number of rotatable bonds is 2. The normalized spacial score (nSPS) is 15.7. The van der Waals surface area contributed by atoms with Crippen LogP contribution in [0.25, 0.3) is 11.5 Å². The van der Waals surface area contributed by atoms with Crippen LogP contribution in [0.5, 0.6) is 11.5 Å². The smallest absolute Gasteiger partial charge is 0.267 e. The van der Waals surface area contributed by atoms with Crippen molar-refractivity contribution in [2.75, 3.05) is 31.2 Å². The quantitative estimate of drug-likeness (QED) is 0.834. The molecular weight excluding hydrogens is 250 g/mol. The van der Waals surface area contributed by atoms with Crippen LogP contribution in [0.3, 0.4) is 0 Å². The van der Waals surface area contributed by atoms with Crippen molar-refractivity contribution in [2.24, 2.45) is 0 Å². The minimum absolute atomic E-state index is 0.0945. The molecule has 100 valence electrons. The highest BCUT2D eigenvalue weighted by atomic mass is 16.5. The van der Waals surface area contributed by atoms with E-state index in [2.05, 4.69) is 10.1 Å². The van der Waals surface area contributed by atoms with Crippen molar-refractivity contribution in [1.29, 1.82) is 0 Å². The fourth-order valence-corrected chi connectivity index (χ4v) is 1.96. The van der Waals surface area contributed by atoms with Crippen molar-refractivity contribution < 1.29 is 19.5 Å². The van der Waals surface area contributed by atoms with Crippen molar-refractivity contribution in [3.8, 4) is 23.0 Å². The third-order valence-corrected chi connectivity index (χ3v) is 2.94. The Morgan fingerprint density at radius 3 is 2.47 bits per heavy atom. The number of ether oxygens (including phenoxy) is 1. The van der Waals surface area contributed by atoms with Crippen LogP contribution in [-0.4, -0.2) is 46.7 Å². The van der Waals surface area contributed by atoms with Crippen LogP contribution < -0.4 is 4.90 Å². The van der Waals surface area contributed by atoms with Crippen molar-refractivity contribution in [3.63, 3.8) is 0 Å². The third kappa shape index (κ3) is 2.19. The molecule has 0 amide bonds. The average Bonchev–Trinajstić information content (AvgIpc) is 2.89. The topological polar surface area (TPSA) is 91.9 Å². The molecular formula is C12H13N3O4. The zero-order valence-corrected chi connectivity index (χ0v) is 10.1. The molecule has 0 atom stereocenters. The van der Waals surface area contributed by atoms with Crippen LogP contribution in [0.1, 0.15) is 0 Å². The molecule has 1 aromatic heterocycles. The lowest BCUT2D eigenvalue weighted by molar-refractivity contribution is 0.121. The van der Waals surface area contributed by atoms with E-state index >= 15 is 0 Å². The number of hydrogen-bond acceptors (Lipinski definition) is 7. The number of phenols is 2. The summed E-state index contributed by atoms with van der Waals surface area (Å²) in [5.74, 6) is 0.326. The van der Waals surface area contributed by atoms with E-state index in [1.165, 1.54) is 18.2 Å². The predicted octanol–water partition coefficient (Wildman–Crippen LogP) is 0.984. The van der Waals surface area contributed by atoms with Gasteiger partial charge in [0.05, 0.1) is 13.2 Å². The van der Waals surface area contributed by atoms with Gasteiger partial charge in [-0.2, -0.15) is 4.98 Å². The van der Waals surface area contributed by atoms with E-state index in [0.29, 0.717) is 32.3 Å². The molecule has 0 radical (unpaired) electrons. The van der Waals surface area contributed by atoms with Crippen LogP contribution in [0.4, 0.5) is 5.95 Å². The maximum absolute atomic E-state index is 9.74. The van der Waals surface area contributed by atoms with Gasteiger partial charge in [0, 0.05) is 13.1 Å². The SMILES string of the molecule is Oc1cccc(O)c1-c1nc(N2CCOCC2)no1. The largest absolute Gasteiger partial charge is 0.507 e. The lowest BCUT2D eigenvalue weighted by Gasteiger charge is -2.24. The van der Waals surface area contributed by atoms with E-state index in [1.54, 1.807) is 0 Å². The standard InChI is InChI=1S/C12H13N3O4/c16-8-2-1-3-9(17)10(8)11-13-12(14-19-11)15-4-6-18-7-5-15/h1-3,16-17H,4-7H2. The molecule has 1 fully saturated rings. The molecule has 2 heterocycles. The maximum Gasteiger partial charge on any atom is 0.267 e. The summed E-state index contributed by atoms with van der Waals surface area (Å²) in [7, 11) is 0. The average molecular weight is 263 g/mol. The summed E-state index contributed by atoms with van der Waals surface area (Å²) in [6, 6.07) is 4.44. The van der Waals surface area contributed by atoms with Crippen molar-refractivity contribution in [3.05, 3.63) is 18.2 Å². The monoisotopic (exact) mass is 263 g/mol. The second-order valence-corrected chi connectivity index (χ2v) is 4.17. The molecule has 0 aliphatic carbocycles. The molecule has 0 saturated carbocycles. The van der Waals surface area contributed by atoms with Gasteiger partial charge in [0.2, 0.25) is 0 Å². The minimum atomic E-state index is -0.0998. The summed E-state index contributed by atoms with van der Waals surface area (Å²) >= 11 is 0. The number of anilines is 1. The van der Waals surface area contributed by atoms with Gasteiger partial charge in [-0.15, -0.1) is 0 Å². The summed E-state index contributed by atoms with van der Waals surface area (Å²) in [5, 5.41) is 23.3. The van der Waals surface area contributed by atoms with Gasteiger partial charge in [0.15, 0.2) is 0 Å². The molecule has 2 aromatic rings. The maximum atomic E-state index is 9.74. The van der Waals surface area contributed by atoms with Crippen LogP contribution in [0, 0.1) is 0 Å². The number of morpholine rings is 1. The Hall–Kier alpha value is -2.28. The van der Waals surface area contributed by atoms with E-state index in [0.717, 1.165) is 0 Å². The zero-order valence-electron chi connectivity index (χ0n) is 10.1. The molecule has 7 nitrogen and oxygen atoms in total. The van der Waals surface area contributed by atoms with Gasteiger partial charge in [-0.1, -0.05) is 6.07 Å². The van der Waals surface area contributed by atoms with E-state index in [1.807, 2.05) is 4.90 Å². The van der Waals surface area contributed by atoms with Crippen LogP contribution in [0.2, 0.25) is 0 Å². The van der Waals surface area contributed by atoms with Crippen LogP contribution in [-0.2, 0) is 4.74 Å². The summed E-state index contributed by atoms with van der Waals surface area (Å²) in [6.07, 6.45) is 0. The highest BCUT2D eigenvalue weighted by Crippen LogP contribution is 2.36. The fraction of sp³-hybridized carbons (Fsp3) is 0.333. The summed E-state index contributed by atoms with van der Waals surface area (Å²) in [4.78, 5) is 6.12. The molecule has 2 N–H and O–H groups in total. The number of hydrogen-bond donors (Lipinski definition) is 2. The number of aromatic nitrogens is 2. The van der Waals surface area contributed by atoms with Crippen molar-refractivity contribution in [2.45, 2.75) is 0 Å². The van der Waals surface area contributed by atoms with Gasteiger partial charge >= 0.3 is 0 Å². The molecule has 1 saturated heterocycles. The van der Waals surface area contributed by atoms with Crippen LogP contribution >= 0.6 is 0 Å². The van der Waals surface area contributed by atoms with Gasteiger partial charge in [-0.3, -0.25) is 0 Å². The lowest BCUT2D eigenvalue weighted by atomic mass is 10.2.